The standard InChI is InChI=1S/C52H40N2/c1-4-14-36(15-5-1)37-24-28-40(29-25-37)49-35-48(39-16-6-2-7-17-39)53-51(54-49)41-30-26-38(27-31-41)42-18-12-19-43(34-42)44-21-13-22-46-45-20-8-9-23-47(45)52(50(44)46)32-10-3-11-33-52/h1-2,4-9,12-31,34-35H,3,10-11,32-33H2. The Balaban J connectivity index is 1.00. The zero-order valence-electron chi connectivity index (χ0n) is 30.3. The third-order valence-electron chi connectivity index (χ3n) is 11.7. The Morgan fingerprint density at radius 1 is 0.333 bits per heavy atom. The lowest BCUT2D eigenvalue weighted by atomic mass is 9.66. The molecule has 0 aliphatic heterocycles. The lowest BCUT2D eigenvalue weighted by Crippen LogP contribution is -2.28. The molecule has 8 aromatic rings. The molecule has 2 aliphatic rings. The summed E-state index contributed by atoms with van der Waals surface area (Å²) in [5.41, 5.74) is 18.4. The summed E-state index contributed by atoms with van der Waals surface area (Å²) in [6, 6.07) is 65.7. The number of nitrogens with zero attached hydrogens (tertiary/aromatic N) is 2. The van der Waals surface area contributed by atoms with E-state index in [9.17, 15) is 0 Å². The first kappa shape index (κ1) is 32.3. The van der Waals surface area contributed by atoms with Gasteiger partial charge in [0.05, 0.1) is 11.4 Å². The number of aromatic nitrogens is 2. The lowest BCUT2D eigenvalue weighted by Gasteiger charge is -2.37. The molecule has 2 heteroatoms. The van der Waals surface area contributed by atoms with Crippen molar-refractivity contribution in [2.45, 2.75) is 37.5 Å². The van der Waals surface area contributed by atoms with Crippen molar-refractivity contribution < 1.29 is 0 Å². The van der Waals surface area contributed by atoms with Crippen LogP contribution in [0.15, 0.2) is 182 Å². The zero-order chi connectivity index (χ0) is 35.9. The van der Waals surface area contributed by atoms with Gasteiger partial charge in [-0.25, -0.2) is 9.97 Å². The molecule has 1 saturated carbocycles. The average Bonchev–Trinajstić information content (AvgIpc) is 3.53. The lowest BCUT2D eigenvalue weighted by molar-refractivity contribution is 0.353. The molecule has 0 amide bonds. The van der Waals surface area contributed by atoms with E-state index in [2.05, 4.69) is 176 Å². The van der Waals surface area contributed by atoms with Crippen LogP contribution in [-0.4, -0.2) is 9.97 Å². The van der Waals surface area contributed by atoms with Crippen molar-refractivity contribution in [2.24, 2.45) is 0 Å². The third kappa shape index (κ3) is 5.67. The number of hydrogen-bond acceptors (Lipinski definition) is 2. The van der Waals surface area contributed by atoms with E-state index in [0.717, 1.165) is 33.9 Å². The summed E-state index contributed by atoms with van der Waals surface area (Å²) in [5, 5.41) is 0. The SMILES string of the molecule is c1ccc(-c2ccc(-c3cc(-c4ccccc4)nc(-c4ccc(-c5cccc(-c6cccc7c6C6(CCCCC6)c6ccccc6-7)c5)cc4)n3)cc2)cc1. The molecule has 0 unspecified atom stereocenters. The van der Waals surface area contributed by atoms with Crippen LogP contribution in [0.2, 0.25) is 0 Å². The normalized spacial score (nSPS) is 14.1. The fourth-order valence-corrected chi connectivity index (χ4v) is 9.10. The Kier molecular flexibility index (Phi) is 8.10. The van der Waals surface area contributed by atoms with E-state index in [4.69, 9.17) is 9.97 Å². The van der Waals surface area contributed by atoms with E-state index in [1.165, 1.54) is 82.2 Å². The van der Waals surface area contributed by atoms with Gasteiger partial charge >= 0.3 is 0 Å². The van der Waals surface area contributed by atoms with Gasteiger partial charge in [0, 0.05) is 22.1 Å². The van der Waals surface area contributed by atoms with Crippen LogP contribution >= 0.6 is 0 Å². The van der Waals surface area contributed by atoms with Crippen molar-refractivity contribution in [3.05, 3.63) is 193 Å². The molecule has 1 spiro atoms. The van der Waals surface area contributed by atoms with Gasteiger partial charge in [0.15, 0.2) is 5.82 Å². The summed E-state index contributed by atoms with van der Waals surface area (Å²) in [5.74, 6) is 0.719. The Labute approximate surface area is 317 Å². The molecule has 0 N–H and O–H groups in total. The zero-order valence-corrected chi connectivity index (χ0v) is 30.3. The van der Waals surface area contributed by atoms with Crippen molar-refractivity contribution in [3.8, 4) is 78.4 Å². The van der Waals surface area contributed by atoms with Gasteiger partial charge in [0.1, 0.15) is 0 Å². The van der Waals surface area contributed by atoms with Crippen LogP contribution in [0.25, 0.3) is 78.4 Å². The molecule has 7 aromatic carbocycles. The predicted octanol–water partition coefficient (Wildman–Crippen LogP) is 13.7. The van der Waals surface area contributed by atoms with Crippen LogP contribution in [-0.2, 0) is 5.41 Å². The molecule has 0 atom stereocenters. The highest BCUT2D eigenvalue weighted by Gasteiger charge is 2.45. The molecule has 10 rings (SSSR count). The van der Waals surface area contributed by atoms with Crippen molar-refractivity contribution in [2.75, 3.05) is 0 Å². The topological polar surface area (TPSA) is 25.8 Å². The minimum atomic E-state index is 0.107. The largest absolute Gasteiger partial charge is 0.228 e. The Morgan fingerprint density at radius 3 is 1.54 bits per heavy atom. The quantitative estimate of drug-likeness (QED) is 0.173. The summed E-state index contributed by atoms with van der Waals surface area (Å²) < 4.78 is 0. The minimum Gasteiger partial charge on any atom is -0.228 e. The summed E-state index contributed by atoms with van der Waals surface area (Å²) >= 11 is 0. The van der Waals surface area contributed by atoms with Crippen molar-refractivity contribution >= 4 is 0 Å². The summed E-state index contributed by atoms with van der Waals surface area (Å²) in [6.45, 7) is 0. The van der Waals surface area contributed by atoms with Crippen LogP contribution in [0.4, 0.5) is 0 Å². The van der Waals surface area contributed by atoms with Gasteiger partial charge in [0.2, 0.25) is 0 Å². The highest BCUT2D eigenvalue weighted by molar-refractivity contribution is 5.89. The van der Waals surface area contributed by atoms with Gasteiger partial charge in [-0.15, -0.1) is 0 Å². The second-order valence-corrected chi connectivity index (χ2v) is 14.8. The van der Waals surface area contributed by atoms with Crippen molar-refractivity contribution in [3.63, 3.8) is 0 Å². The van der Waals surface area contributed by atoms with Gasteiger partial charge in [-0.1, -0.05) is 189 Å². The molecule has 1 heterocycles. The van der Waals surface area contributed by atoms with Crippen LogP contribution in [0, 0.1) is 0 Å². The average molecular weight is 693 g/mol. The third-order valence-corrected chi connectivity index (χ3v) is 11.7. The first-order chi connectivity index (χ1) is 26.7. The molecule has 2 nitrogen and oxygen atoms in total. The highest BCUT2D eigenvalue weighted by atomic mass is 14.9. The van der Waals surface area contributed by atoms with E-state index in [-0.39, 0.29) is 5.41 Å². The molecule has 0 radical (unpaired) electrons. The van der Waals surface area contributed by atoms with E-state index in [1.807, 2.05) is 6.07 Å². The summed E-state index contributed by atoms with van der Waals surface area (Å²) in [7, 11) is 0. The first-order valence-electron chi connectivity index (χ1n) is 19.3. The Bertz CT molecular complexity index is 2600. The Morgan fingerprint density at radius 2 is 0.815 bits per heavy atom. The summed E-state index contributed by atoms with van der Waals surface area (Å²) in [4.78, 5) is 10.2. The van der Waals surface area contributed by atoms with Gasteiger partial charge < -0.3 is 0 Å². The molecule has 54 heavy (non-hydrogen) atoms. The maximum absolute atomic E-state index is 5.14. The smallest absolute Gasteiger partial charge is 0.160 e. The molecular formula is C52H40N2. The monoisotopic (exact) mass is 692 g/mol. The van der Waals surface area contributed by atoms with E-state index in [0.29, 0.717) is 0 Å². The first-order valence-corrected chi connectivity index (χ1v) is 19.3. The van der Waals surface area contributed by atoms with Crippen molar-refractivity contribution in [1.29, 1.82) is 0 Å². The summed E-state index contributed by atoms with van der Waals surface area (Å²) in [6.07, 6.45) is 6.35. The molecular weight excluding hydrogens is 653 g/mol. The van der Waals surface area contributed by atoms with Gasteiger partial charge in [-0.3, -0.25) is 0 Å². The van der Waals surface area contributed by atoms with E-state index < -0.39 is 0 Å². The number of rotatable bonds is 6. The predicted molar refractivity (Wildman–Crippen MR) is 224 cm³/mol. The molecule has 258 valence electrons. The van der Waals surface area contributed by atoms with E-state index >= 15 is 0 Å². The molecule has 1 fully saturated rings. The minimum absolute atomic E-state index is 0.107. The Hall–Kier alpha value is -6.38. The second kappa shape index (κ2) is 13.5. The number of fused-ring (bicyclic) bond motifs is 5. The van der Waals surface area contributed by atoms with Gasteiger partial charge in [-0.2, -0.15) is 0 Å². The maximum atomic E-state index is 5.14. The highest BCUT2D eigenvalue weighted by Crippen LogP contribution is 2.58. The van der Waals surface area contributed by atoms with Crippen LogP contribution in [0.3, 0.4) is 0 Å². The molecule has 2 aliphatic carbocycles. The van der Waals surface area contributed by atoms with Gasteiger partial charge in [0.25, 0.3) is 0 Å². The molecule has 1 aromatic heterocycles. The van der Waals surface area contributed by atoms with Crippen LogP contribution < -0.4 is 0 Å². The fraction of sp³-hybridized carbons (Fsp3) is 0.115. The fourth-order valence-electron chi connectivity index (χ4n) is 9.10. The van der Waals surface area contributed by atoms with Crippen LogP contribution in [0.5, 0.6) is 0 Å². The van der Waals surface area contributed by atoms with Crippen LogP contribution in [0.1, 0.15) is 43.2 Å². The van der Waals surface area contributed by atoms with E-state index in [1.54, 1.807) is 5.56 Å². The number of hydrogen-bond donors (Lipinski definition) is 0. The molecule has 0 bridgehead atoms. The van der Waals surface area contributed by atoms with Gasteiger partial charge in [-0.05, 0) is 80.6 Å². The molecule has 0 saturated heterocycles. The van der Waals surface area contributed by atoms with Crippen molar-refractivity contribution in [1.82, 2.24) is 9.97 Å². The second-order valence-electron chi connectivity index (χ2n) is 14.8. The number of benzene rings is 7. The maximum Gasteiger partial charge on any atom is 0.160 e.